The fraction of sp³-hybridized carbons (Fsp3) is 0.200. The number of amides is 2. The molecule has 12 heteroatoms. The summed E-state index contributed by atoms with van der Waals surface area (Å²) in [6.45, 7) is -4.08. The van der Waals surface area contributed by atoms with E-state index in [4.69, 9.17) is 0 Å². The van der Waals surface area contributed by atoms with Crippen LogP contribution in [-0.2, 0) is 13.6 Å². The van der Waals surface area contributed by atoms with E-state index in [-0.39, 0.29) is 18.0 Å². The van der Waals surface area contributed by atoms with Crippen LogP contribution in [0.3, 0.4) is 0 Å². The Morgan fingerprint density at radius 1 is 1.03 bits per heavy atom. The molecule has 0 fully saturated rings. The highest BCUT2D eigenvalue weighted by molar-refractivity contribution is 6.11. The summed E-state index contributed by atoms with van der Waals surface area (Å²) >= 11 is 0. The first-order valence-electron chi connectivity index (χ1n) is 11.1. The molecular weight excluding hydrogens is 497 g/mol. The van der Waals surface area contributed by atoms with E-state index in [1.54, 1.807) is 29.9 Å². The van der Waals surface area contributed by atoms with Gasteiger partial charge in [0, 0.05) is 30.0 Å². The van der Waals surface area contributed by atoms with Crippen LogP contribution in [0.15, 0.2) is 66.9 Å². The minimum atomic E-state index is -4.42. The molecule has 2 heterocycles. The molecule has 7 nitrogen and oxygen atoms in total. The quantitative estimate of drug-likeness (QED) is 0.300. The number of nitrogens with one attached hydrogen (secondary N) is 1. The van der Waals surface area contributed by atoms with Crippen molar-refractivity contribution in [3.05, 3.63) is 72.4 Å². The second kappa shape index (κ2) is 9.26. The van der Waals surface area contributed by atoms with Gasteiger partial charge in [-0.2, -0.15) is 27.1 Å². The van der Waals surface area contributed by atoms with E-state index in [0.29, 0.717) is 22.6 Å². The molecule has 1 aliphatic heterocycles. The number of benzene rings is 3. The monoisotopic (exact) mass is 517 g/mol. The zero-order valence-corrected chi connectivity index (χ0v) is 19.3. The van der Waals surface area contributed by atoms with Gasteiger partial charge in [0.25, 0.3) is 0 Å². The average molecular weight is 517 g/mol. The van der Waals surface area contributed by atoms with Crippen molar-refractivity contribution in [2.75, 3.05) is 21.7 Å². The summed E-state index contributed by atoms with van der Waals surface area (Å²) in [4.78, 5) is 16.7. The van der Waals surface area contributed by atoms with Crippen LogP contribution in [0.4, 0.5) is 49.5 Å². The topological polar surface area (TPSA) is 62.6 Å². The predicted octanol–water partition coefficient (Wildman–Crippen LogP) is 6.43. The van der Waals surface area contributed by atoms with Crippen LogP contribution < -0.4 is 19.9 Å². The Kier molecular flexibility index (Phi) is 6.10. The van der Waals surface area contributed by atoms with Crippen LogP contribution in [0.25, 0.3) is 10.9 Å². The summed E-state index contributed by atoms with van der Waals surface area (Å²) in [5, 5.41) is 7.49. The molecule has 5 rings (SSSR count). The second-order valence-corrected chi connectivity index (χ2v) is 8.43. The Hall–Kier alpha value is -4.35. The molecule has 0 aliphatic carbocycles. The van der Waals surface area contributed by atoms with E-state index in [9.17, 15) is 26.7 Å². The molecule has 0 saturated carbocycles. The van der Waals surface area contributed by atoms with Gasteiger partial charge >= 0.3 is 18.8 Å². The number of hydrogen-bond donors (Lipinski definition) is 1. The number of hydrogen-bond acceptors (Lipinski definition) is 4. The summed E-state index contributed by atoms with van der Waals surface area (Å²) in [6.07, 6.45) is -2.60. The smallest absolute Gasteiger partial charge is 0.405 e. The predicted molar refractivity (Wildman–Crippen MR) is 128 cm³/mol. The third kappa shape index (κ3) is 5.13. The van der Waals surface area contributed by atoms with Gasteiger partial charge in [0.2, 0.25) is 0 Å². The molecule has 0 radical (unpaired) electrons. The van der Waals surface area contributed by atoms with E-state index in [0.717, 1.165) is 10.9 Å². The highest BCUT2D eigenvalue weighted by Gasteiger charge is 2.33. The highest BCUT2D eigenvalue weighted by Crippen LogP contribution is 2.39. The van der Waals surface area contributed by atoms with Gasteiger partial charge in [0.1, 0.15) is 12.3 Å². The van der Waals surface area contributed by atoms with E-state index in [1.165, 1.54) is 46.2 Å². The number of fused-ring (bicyclic) bond motifs is 2. The van der Waals surface area contributed by atoms with Crippen LogP contribution in [-0.4, -0.2) is 35.1 Å². The Morgan fingerprint density at radius 3 is 2.46 bits per heavy atom. The molecule has 37 heavy (non-hydrogen) atoms. The molecule has 1 aliphatic rings. The molecular formula is C25H20F5N5O2. The van der Waals surface area contributed by atoms with Gasteiger partial charge in [-0.1, -0.05) is 6.07 Å². The van der Waals surface area contributed by atoms with E-state index >= 15 is 0 Å². The first kappa shape index (κ1) is 24.3. The van der Waals surface area contributed by atoms with Gasteiger partial charge in [0.05, 0.1) is 23.4 Å². The molecule has 1 N–H and O–H groups in total. The van der Waals surface area contributed by atoms with Gasteiger partial charge in [-0.3, -0.25) is 14.5 Å². The Labute approximate surface area is 207 Å². The number of aromatic nitrogens is 2. The maximum absolute atomic E-state index is 13.8. The molecule has 2 amide bonds. The highest BCUT2D eigenvalue weighted by atomic mass is 19.4. The molecule has 0 saturated heterocycles. The zero-order chi connectivity index (χ0) is 26.3. The van der Waals surface area contributed by atoms with Gasteiger partial charge in [0.15, 0.2) is 0 Å². The molecule has 0 spiro atoms. The van der Waals surface area contributed by atoms with Crippen molar-refractivity contribution in [2.45, 2.75) is 19.3 Å². The SMILES string of the molecule is Cn1cc2cc(N3Cc4ccc(NCC(F)(F)F)cc4N(c4ccc(OC(F)F)cc4)C3=O)ccc2n1. The van der Waals surface area contributed by atoms with Crippen molar-refractivity contribution < 1.29 is 31.5 Å². The molecule has 0 unspecified atom stereocenters. The molecule has 4 aromatic rings. The summed E-state index contributed by atoms with van der Waals surface area (Å²) in [5.41, 5.74) is 2.90. The number of carbonyl (C=O) groups is 1. The largest absolute Gasteiger partial charge is 0.435 e. The molecule has 0 atom stereocenters. The van der Waals surface area contributed by atoms with Gasteiger partial charge in [-0.15, -0.1) is 0 Å². The van der Waals surface area contributed by atoms with E-state index in [2.05, 4.69) is 15.2 Å². The first-order valence-corrected chi connectivity index (χ1v) is 11.1. The van der Waals surface area contributed by atoms with Crippen LogP contribution in [0.2, 0.25) is 0 Å². The van der Waals surface area contributed by atoms with Gasteiger partial charge < -0.3 is 10.1 Å². The number of alkyl halides is 5. The minimum Gasteiger partial charge on any atom is -0.435 e. The number of aryl methyl sites for hydroxylation is 1. The number of rotatable bonds is 6. The number of urea groups is 1. The fourth-order valence-electron chi connectivity index (χ4n) is 4.21. The summed E-state index contributed by atoms with van der Waals surface area (Å²) in [6, 6.07) is 15.0. The van der Waals surface area contributed by atoms with Crippen molar-refractivity contribution in [1.29, 1.82) is 0 Å². The molecule has 0 bridgehead atoms. The summed E-state index contributed by atoms with van der Waals surface area (Å²) in [5.74, 6) is -0.0945. The fourth-order valence-corrected chi connectivity index (χ4v) is 4.21. The van der Waals surface area contributed by atoms with Crippen LogP contribution in [0.5, 0.6) is 5.75 Å². The average Bonchev–Trinajstić information content (AvgIpc) is 3.21. The number of ether oxygens (including phenoxy) is 1. The third-order valence-corrected chi connectivity index (χ3v) is 5.80. The maximum atomic E-state index is 13.8. The minimum absolute atomic E-state index is 0.0945. The lowest BCUT2D eigenvalue weighted by Crippen LogP contribution is -2.45. The normalized spacial score (nSPS) is 13.9. The number of anilines is 4. The molecule has 3 aromatic carbocycles. The maximum Gasteiger partial charge on any atom is 0.405 e. The van der Waals surface area contributed by atoms with Crippen LogP contribution in [0.1, 0.15) is 5.56 Å². The van der Waals surface area contributed by atoms with Crippen LogP contribution in [0, 0.1) is 0 Å². The zero-order valence-electron chi connectivity index (χ0n) is 19.3. The molecule has 192 valence electrons. The van der Waals surface area contributed by atoms with Crippen LogP contribution >= 0.6 is 0 Å². The number of carbonyl (C=O) groups excluding carboxylic acids is 1. The standard InChI is InChI=1S/C25H20F5N5O2/c1-33-12-16-10-19(6-9-21(16)32-33)34-13-15-2-3-17(31-14-25(28,29)30)11-22(15)35(24(34)36)18-4-7-20(8-5-18)37-23(26)27/h2-12,23,31H,13-14H2,1H3. The number of halogens is 5. The van der Waals surface area contributed by atoms with E-state index in [1.807, 2.05) is 12.3 Å². The van der Waals surface area contributed by atoms with Crippen molar-refractivity contribution in [1.82, 2.24) is 9.78 Å². The lowest BCUT2D eigenvalue weighted by Gasteiger charge is -2.37. The Balaban J connectivity index is 1.56. The third-order valence-electron chi connectivity index (χ3n) is 5.80. The molecule has 1 aromatic heterocycles. The van der Waals surface area contributed by atoms with Gasteiger partial charge in [-0.05, 0) is 60.2 Å². The number of nitrogens with zero attached hydrogens (tertiary/aromatic N) is 4. The Bertz CT molecular complexity index is 1450. The van der Waals surface area contributed by atoms with Crippen molar-refractivity contribution >= 4 is 39.7 Å². The van der Waals surface area contributed by atoms with Gasteiger partial charge in [-0.25, -0.2) is 4.79 Å². The van der Waals surface area contributed by atoms with Crippen molar-refractivity contribution in [3.63, 3.8) is 0 Å². The Morgan fingerprint density at radius 2 is 1.76 bits per heavy atom. The van der Waals surface area contributed by atoms with Crippen molar-refractivity contribution in [2.24, 2.45) is 7.05 Å². The summed E-state index contributed by atoms with van der Waals surface area (Å²) < 4.78 is 69.5. The van der Waals surface area contributed by atoms with Crippen molar-refractivity contribution in [3.8, 4) is 5.75 Å². The van der Waals surface area contributed by atoms with E-state index < -0.39 is 25.4 Å². The second-order valence-electron chi connectivity index (χ2n) is 8.43. The first-order chi connectivity index (χ1) is 17.6. The lowest BCUT2D eigenvalue weighted by molar-refractivity contribution is -0.115. The summed E-state index contributed by atoms with van der Waals surface area (Å²) in [7, 11) is 1.79. The lowest BCUT2D eigenvalue weighted by atomic mass is 10.1.